The van der Waals surface area contributed by atoms with Crippen LogP contribution in [0.25, 0.3) is 0 Å². The van der Waals surface area contributed by atoms with E-state index < -0.39 is 0 Å². The second-order valence-corrected chi connectivity index (χ2v) is 10.1. The molecule has 2 atom stereocenters. The van der Waals surface area contributed by atoms with Gasteiger partial charge in [-0.15, -0.1) is 0 Å². The average molecular weight is 558 g/mol. The van der Waals surface area contributed by atoms with Crippen molar-refractivity contribution >= 4 is 51.0 Å². The molecule has 2 heterocycles. The number of nitrogens with zero attached hydrogens (tertiary/aromatic N) is 3. The van der Waals surface area contributed by atoms with Gasteiger partial charge in [-0.3, -0.25) is 9.89 Å². The topological polar surface area (TPSA) is 47.9 Å². The van der Waals surface area contributed by atoms with Gasteiger partial charge in [0.1, 0.15) is 11.9 Å². The van der Waals surface area contributed by atoms with E-state index in [1.54, 1.807) is 0 Å². The molecule has 1 fully saturated rings. The quantitative estimate of drug-likeness (QED) is 0.409. The molecule has 1 N–H and O–H groups in total. The van der Waals surface area contributed by atoms with E-state index in [0.29, 0.717) is 29.0 Å². The van der Waals surface area contributed by atoms with E-state index in [0.717, 1.165) is 34.3 Å². The fourth-order valence-corrected chi connectivity index (χ4v) is 5.16. The summed E-state index contributed by atoms with van der Waals surface area (Å²) in [5.41, 5.74) is 2.85. The number of urea groups is 1. The molecule has 2 aliphatic rings. The van der Waals surface area contributed by atoms with Gasteiger partial charge in [0, 0.05) is 46.3 Å². The second kappa shape index (κ2) is 10.1. The third kappa shape index (κ3) is 4.73. The second-order valence-electron chi connectivity index (χ2n) is 8.35. The van der Waals surface area contributed by atoms with Crippen LogP contribution in [0.1, 0.15) is 28.8 Å². The number of piperazine rings is 1. The van der Waals surface area contributed by atoms with Crippen molar-refractivity contribution in [1.82, 2.24) is 15.1 Å². The number of hydrogen-bond acceptors (Lipinski definition) is 3. The molecule has 0 spiro atoms. The molecule has 2 aliphatic heterocycles. The highest BCUT2D eigenvalue weighted by Gasteiger charge is 2.43. The van der Waals surface area contributed by atoms with E-state index >= 15 is 0 Å². The molecule has 0 saturated carbocycles. The van der Waals surface area contributed by atoms with Crippen molar-refractivity contribution < 1.29 is 4.79 Å². The van der Waals surface area contributed by atoms with Gasteiger partial charge in [-0.1, -0.05) is 75.5 Å². The first-order chi connectivity index (χ1) is 16.5. The molecule has 0 bridgehead atoms. The van der Waals surface area contributed by atoms with E-state index in [1.807, 2.05) is 82.6 Å². The number of carbonyl (C=O) groups excluding carboxylic acids is 1. The van der Waals surface area contributed by atoms with Gasteiger partial charge in [-0.2, -0.15) is 0 Å². The SMILES string of the molecule is O=C(N1CCNCC1)N1C(c2cccc(Br)c2)=N[C@H](c2ccc(Cl)cc2)[C@@H]1c1ccc(Cl)cc1. The standard InChI is InChI=1S/C26H23BrCl2N4O/c27-20-3-1-2-19(16-20)25-31-23(17-4-8-21(28)9-5-17)24(18-6-10-22(29)11-7-18)33(25)26(34)32-14-12-30-13-15-32/h1-11,16,23-24,30H,12-15H2/t23-,24+/m1/s1. The Morgan fingerprint density at radius 3 is 2.15 bits per heavy atom. The maximum Gasteiger partial charge on any atom is 0.326 e. The van der Waals surface area contributed by atoms with Crippen LogP contribution in [0, 0.1) is 0 Å². The number of hydrogen-bond donors (Lipinski definition) is 1. The number of carbonyl (C=O) groups is 1. The Balaban J connectivity index is 1.66. The minimum absolute atomic E-state index is 0.0448. The summed E-state index contributed by atoms with van der Waals surface area (Å²) in [6.45, 7) is 2.85. The Morgan fingerprint density at radius 1 is 0.912 bits per heavy atom. The highest BCUT2D eigenvalue weighted by atomic mass is 79.9. The van der Waals surface area contributed by atoms with E-state index in [9.17, 15) is 4.79 Å². The molecule has 34 heavy (non-hydrogen) atoms. The van der Waals surface area contributed by atoms with Crippen molar-refractivity contribution in [2.75, 3.05) is 26.2 Å². The summed E-state index contributed by atoms with van der Waals surface area (Å²) >= 11 is 16.0. The highest BCUT2D eigenvalue weighted by Crippen LogP contribution is 2.44. The lowest BCUT2D eigenvalue weighted by molar-refractivity contribution is 0.157. The number of aliphatic imine (C=N–C) groups is 1. The molecule has 3 aromatic rings. The van der Waals surface area contributed by atoms with Crippen LogP contribution in [0.15, 0.2) is 82.3 Å². The first kappa shape index (κ1) is 23.4. The van der Waals surface area contributed by atoms with Crippen LogP contribution in [0.3, 0.4) is 0 Å². The van der Waals surface area contributed by atoms with Crippen LogP contribution in [0.5, 0.6) is 0 Å². The van der Waals surface area contributed by atoms with E-state index in [2.05, 4.69) is 21.2 Å². The molecule has 174 valence electrons. The lowest BCUT2D eigenvalue weighted by Gasteiger charge is -2.36. The van der Waals surface area contributed by atoms with Gasteiger partial charge in [-0.05, 0) is 47.5 Å². The van der Waals surface area contributed by atoms with Crippen LogP contribution in [0.4, 0.5) is 4.79 Å². The number of rotatable bonds is 3. The van der Waals surface area contributed by atoms with Gasteiger partial charge in [0.05, 0.1) is 6.04 Å². The molecule has 0 aliphatic carbocycles. The minimum atomic E-state index is -0.324. The van der Waals surface area contributed by atoms with Crippen molar-refractivity contribution in [1.29, 1.82) is 0 Å². The van der Waals surface area contributed by atoms with Crippen molar-refractivity contribution in [3.05, 3.63) is 104 Å². The van der Waals surface area contributed by atoms with E-state index in [4.69, 9.17) is 28.2 Å². The molecular weight excluding hydrogens is 535 g/mol. The summed E-state index contributed by atoms with van der Waals surface area (Å²) < 4.78 is 0.931. The molecular formula is C26H23BrCl2N4O. The molecule has 2 amide bonds. The normalized spacial score (nSPS) is 20.4. The fourth-order valence-electron chi connectivity index (χ4n) is 4.50. The van der Waals surface area contributed by atoms with Crippen molar-refractivity contribution in [3.63, 3.8) is 0 Å². The maximum atomic E-state index is 14.0. The maximum absolute atomic E-state index is 14.0. The summed E-state index contributed by atoms with van der Waals surface area (Å²) in [6, 6.07) is 22.6. The predicted molar refractivity (Wildman–Crippen MR) is 141 cm³/mol. The number of amidine groups is 1. The largest absolute Gasteiger partial charge is 0.326 e. The van der Waals surface area contributed by atoms with Crippen molar-refractivity contribution in [2.45, 2.75) is 12.1 Å². The Hall–Kier alpha value is -2.38. The predicted octanol–water partition coefficient (Wildman–Crippen LogP) is 6.33. The van der Waals surface area contributed by atoms with Gasteiger partial charge >= 0.3 is 6.03 Å². The third-order valence-corrected chi connectivity index (χ3v) is 7.16. The monoisotopic (exact) mass is 556 g/mol. The zero-order chi connectivity index (χ0) is 23.7. The summed E-state index contributed by atoms with van der Waals surface area (Å²) in [6.07, 6.45) is 0. The van der Waals surface area contributed by atoms with Gasteiger partial charge < -0.3 is 10.2 Å². The Labute approximate surface area is 217 Å². The summed E-state index contributed by atoms with van der Waals surface area (Å²) in [5.74, 6) is 0.657. The molecule has 5 nitrogen and oxygen atoms in total. The van der Waals surface area contributed by atoms with Crippen LogP contribution >= 0.6 is 39.1 Å². The Morgan fingerprint density at radius 2 is 1.53 bits per heavy atom. The fraction of sp³-hybridized carbons (Fsp3) is 0.231. The smallest absolute Gasteiger partial charge is 0.322 e. The summed E-state index contributed by atoms with van der Waals surface area (Å²) in [7, 11) is 0. The number of amides is 2. The van der Waals surface area contributed by atoms with E-state index in [-0.39, 0.29) is 18.1 Å². The molecule has 3 aromatic carbocycles. The summed E-state index contributed by atoms with van der Waals surface area (Å²) in [5, 5.41) is 4.64. The van der Waals surface area contributed by atoms with Gasteiger partial charge in [0.25, 0.3) is 0 Å². The molecule has 5 rings (SSSR count). The van der Waals surface area contributed by atoms with Crippen molar-refractivity contribution in [2.24, 2.45) is 4.99 Å². The lowest BCUT2D eigenvalue weighted by atomic mass is 9.93. The average Bonchev–Trinajstić information content (AvgIpc) is 3.25. The Bertz CT molecular complexity index is 1210. The van der Waals surface area contributed by atoms with Crippen molar-refractivity contribution in [3.8, 4) is 0 Å². The van der Waals surface area contributed by atoms with Crippen LogP contribution in [-0.4, -0.2) is 47.8 Å². The molecule has 0 radical (unpaired) electrons. The van der Waals surface area contributed by atoms with Crippen LogP contribution in [0.2, 0.25) is 10.0 Å². The zero-order valence-corrected chi connectivity index (χ0v) is 21.4. The number of nitrogens with one attached hydrogen (secondary N) is 1. The Kier molecular flexibility index (Phi) is 6.93. The first-order valence-electron chi connectivity index (χ1n) is 11.1. The molecule has 8 heteroatoms. The molecule has 1 saturated heterocycles. The lowest BCUT2D eigenvalue weighted by Crippen LogP contribution is -2.53. The summed E-state index contributed by atoms with van der Waals surface area (Å²) in [4.78, 5) is 23.0. The van der Waals surface area contributed by atoms with Gasteiger partial charge in [-0.25, -0.2) is 4.79 Å². The van der Waals surface area contributed by atoms with Gasteiger partial charge in [0.15, 0.2) is 0 Å². The number of benzene rings is 3. The minimum Gasteiger partial charge on any atom is -0.322 e. The number of halogens is 3. The highest BCUT2D eigenvalue weighted by molar-refractivity contribution is 9.10. The van der Waals surface area contributed by atoms with E-state index in [1.165, 1.54) is 0 Å². The van der Waals surface area contributed by atoms with Crippen LogP contribution < -0.4 is 5.32 Å². The van der Waals surface area contributed by atoms with Crippen LogP contribution in [-0.2, 0) is 0 Å². The molecule has 0 aromatic heterocycles. The zero-order valence-electron chi connectivity index (χ0n) is 18.3. The first-order valence-corrected chi connectivity index (χ1v) is 12.7. The van der Waals surface area contributed by atoms with Gasteiger partial charge in [0.2, 0.25) is 0 Å². The molecule has 0 unspecified atom stereocenters. The third-order valence-electron chi connectivity index (χ3n) is 6.17.